The van der Waals surface area contributed by atoms with Crippen molar-refractivity contribution in [1.82, 2.24) is 16.0 Å². The Labute approximate surface area is 235 Å². The van der Waals surface area contributed by atoms with E-state index in [1.165, 1.54) is 44.9 Å². The van der Waals surface area contributed by atoms with Gasteiger partial charge in [-0.1, -0.05) is 19.8 Å². The molecule has 0 radical (unpaired) electrons. The summed E-state index contributed by atoms with van der Waals surface area (Å²) in [6.07, 6.45) is 13.8. The number of ether oxygens (including phenoxy) is 1. The number of hydrogen-bond acceptors (Lipinski definition) is 4. The third-order valence-electron chi connectivity index (χ3n) is 4.96. The van der Waals surface area contributed by atoms with Crippen LogP contribution in [0.5, 0.6) is 0 Å². The molecule has 1 heterocycles. The summed E-state index contributed by atoms with van der Waals surface area (Å²) in [4.78, 5) is 0. The van der Waals surface area contributed by atoms with E-state index < -0.39 is 23.7 Å². The molecule has 30 heavy (non-hydrogen) atoms. The fourth-order valence-electron chi connectivity index (χ4n) is 3.46. The fourth-order valence-corrected chi connectivity index (χ4v) is 7.71. The van der Waals surface area contributed by atoms with Crippen molar-refractivity contribution in [3.63, 3.8) is 0 Å². The van der Waals surface area contributed by atoms with Crippen molar-refractivity contribution in [3.8, 4) is 19.7 Å². The molecule has 0 spiro atoms. The quantitative estimate of drug-likeness (QED) is 0.108. The molecule has 2 unspecified atom stereocenters. The van der Waals surface area contributed by atoms with E-state index in [0.717, 1.165) is 6.61 Å². The van der Waals surface area contributed by atoms with Crippen LogP contribution >= 0.6 is 98.2 Å². The Balaban J connectivity index is 1.85. The van der Waals surface area contributed by atoms with Crippen LogP contribution in [0.1, 0.15) is 51.9 Å². The molecule has 0 bridgehead atoms. The molecule has 0 aromatic heterocycles. The normalized spacial score (nSPS) is 30.1. The summed E-state index contributed by atoms with van der Waals surface area (Å²) in [5, 5.41) is 10.6. The molecule has 1 saturated heterocycles. The van der Waals surface area contributed by atoms with Gasteiger partial charge in [0.05, 0.1) is 0 Å². The Hall–Kier alpha value is 3.08. The van der Waals surface area contributed by atoms with Gasteiger partial charge in [0.25, 0.3) is 0 Å². The standard InChI is InChI=1S/C20H29I6N3O/c1-2-3-4-15-30-17-8-5-16(6-9-17)7-10-18-27-19(11-13-25(21)22)29-20(28-18)12-14-26(23)24/h7,10,16-20,27-29H,2-6,8-9,15H2,1H3/b10-7+. The van der Waals surface area contributed by atoms with Crippen molar-refractivity contribution in [2.45, 2.75) is 76.5 Å². The van der Waals surface area contributed by atoms with E-state index in [1.807, 2.05) is 0 Å². The predicted molar refractivity (Wildman–Crippen MR) is 181 cm³/mol. The van der Waals surface area contributed by atoms with Crippen molar-refractivity contribution in [2.75, 3.05) is 6.61 Å². The molecule has 1 aliphatic heterocycles. The van der Waals surface area contributed by atoms with Crippen molar-refractivity contribution >= 4 is 98.2 Å². The molecule has 1 saturated carbocycles. The van der Waals surface area contributed by atoms with Gasteiger partial charge >= 0.3 is 207 Å². The van der Waals surface area contributed by atoms with Crippen molar-refractivity contribution < 1.29 is 4.74 Å². The summed E-state index contributed by atoms with van der Waals surface area (Å²) < 4.78 is 12.9. The van der Waals surface area contributed by atoms with Crippen LogP contribution in [-0.2, 0) is 4.74 Å². The van der Waals surface area contributed by atoms with Crippen LogP contribution in [0.2, 0.25) is 0 Å². The van der Waals surface area contributed by atoms with E-state index >= 15 is 0 Å². The number of rotatable bonds is 7. The minimum absolute atomic E-state index is 0.0116. The van der Waals surface area contributed by atoms with Gasteiger partial charge in [-0.25, -0.2) is 0 Å². The Bertz CT molecular complexity index is 612. The van der Waals surface area contributed by atoms with Gasteiger partial charge in [-0.15, -0.1) is 0 Å². The molecule has 0 aromatic rings. The summed E-state index contributed by atoms with van der Waals surface area (Å²) in [6.45, 7) is 3.17. The van der Waals surface area contributed by atoms with Gasteiger partial charge in [-0.3, -0.25) is 0 Å². The first-order valence-electron chi connectivity index (χ1n) is 10.1. The van der Waals surface area contributed by atoms with Gasteiger partial charge in [0.15, 0.2) is 0 Å². The SMILES string of the molecule is CCCCCOC1CCC(/C=C/C2NC(C#CI(I)I)NC(C#CI(I)I)N2)CC1. The topological polar surface area (TPSA) is 45.3 Å². The van der Waals surface area contributed by atoms with E-state index in [4.69, 9.17) is 4.74 Å². The molecule has 10 heteroatoms. The van der Waals surface area contributed by atoms with Crippen LogP contribution in [0, 0.1) is 25.6 Å². The molecule has 4 nitrogen and oxygen atoms in total. The van der Waals surface area contributed by atoms with E-state index in [2.05, 4.69) is 129 Å². The number of hydrogen-bond donors (Lipinski definition) is 3. The van der Waals surface area contributed by atoms with E-state index in [1.54, 1.807) is 0 Å². The second-order valence-corrected chi connectivity index (χ2v) is 53.4. The molecule has 1 aliphatic carbocycles. The third-order valence-corrected chi connectivity index (χ3v) is 11.9. The van der Waals surface area contributed by atoms with Crippen LogP contribution in [0.25, 0.3) is 0 Å². The molecule has 2 fully saturated rings. The average Bonchev–Trinajstić information content (AvgIpc) is 2.73. The zero-order chi connectivity index (χ0) is 21.8. The van der Waals surface area contributed by atoms with Crippen LogP contribution in [-0.4, -0.2) is 31.2 Å². The summed E-state index contributed by atoms with van der Waals surface area (Å²) in [7, 11) is 0. The Morgan fingerprint density at radius 2 is 1.47 bits per heavy atom. The van der Waals surface area contributed by atoms with Gasteiger partial charge in [0, 0.05) is 6.61 Å². The Morgan fingerprint density at radius 3 is 2.00 bits per heavy atom. The molecule has 0 amide bonds. The molecular weight excluding hydrogens is 1060 g/mol. The van der Waals surface area contributed by atoms with Crippen LogP contribution in [0.4, 0.5) is 0 Å². The molecule has 172 valence electrons. The van der Waals surface area contributed by atoms with Gasteiger partial charge in [0.2, 0.25) is 0 Å². The maximum atomic E-state index is 6.07. The van der Waals surface area contributed by atoms with E-state index in [0.29, 0.717) is 12.0 Å². The molecule has 0 aromatic carbocycles. The summed E-state index contributed by atoms with van der Waals surface area (Å²) >= 11 is 7.71. The number of nitrogens with one attached hydrogen (secondary N) is 3. The third kappa shape index (κ3) is 13.2. The van der Waals surface area contributed by atoms with E-state index in [9.17, 15) is 0 Å². The molecule has 2 atom stereocenters. The van der Waals surface area contributed by atoms with Crippen LogP contribution < -0.4 is 16.0 Å². The first kappa shape index (κ1) is 29.3. The second-order valence-electron chi connectivity index (χ2n) is 7.21. The van der Waals surface area contributed by atoms with Gasteiger partial charge in [-0.2, -0.15) is 0 Å². The summed E-state index contributed by atoms with van der Waals surface area (Å²) in [5.41, 5.74) is 0. The second kappa shape index (κ2) is 17.5. The summed E-state index contributed by atoms with van der Waals surface area (Å²) in [6, 6.07) is 0. The Morgan fingerprint density at radius 1 is 0.867 bits per heavy atom. The zero-order valence-corrected chi connectivity index (χ0v) is 29.8. The van der Waals surface area contributed by atoms with Crippen molar-refractivity contribution in [3.05, 3.63) is 12.2 Å². The molecule has 2 aliphatic rings. The van der Waals surface area contributed by atoms with Crippen LogP contribution in [0.15, 0.2) is 12.2 Å². The maximum absolute atomic E-state index is 6.07. The molecule has 3 N–H and O–H groups in total. The first-order valence-corrected chi connectivity index (χ1v) is 37.4. The van der Waals surface area contributed by atoms with Gasteiger partial charge in [-0.05, 0) is 6.42 Å². The zero-order valence-electron chi connectivity index (χ0n) is 16.9. The van der Waals surface area contributed by atoms with Crippen molar-refractivity contribution in [2.24, 2.45) is 5.92 Å². The Kier molecular flexibility index (Phi) is 17.1. The minimum atomic E-state index is -1.12. The number of unbranched alkanes of at least 4 members (excludes halogenated alkanes) is 2. The van der Waals surface area contributed by atoms with Crippen molar-refractivity contribution in [1.29, 1.82) is 0 Å². The predicted octanol–water partition coefficient (Wildman–Crippen LogP) is 7.40. The van der Waals surface area contributed by atoms with Gasteiger partial charge < -0.3 is 0 Å². The fraction of sp³-hybridized carbons (Fsp3) is 0.700. The van der Waals surface area contributed by atoms with E-state index in [-0.39, 0.29) is 18.5 Å². The summed E-state index contributed by atoms with van der Waals surface area (Å²) in [5.74, 6) is 7.40. The number of allylic oxidation sites excluding steroid dienone is 1. The first-order chi connectivity index (χ1) is 14.5. The number of halogens is 6. The molecule has 2 rings (SSSR count). The monoisotopic (exact) mass is 1090 g/mol. The molecular formula is C20H29I6N3O. The van der Waals surface area contributed by atoms with Crippen LogP contribution in [0.3, 0.4) is 0 Å². The average molecular weight is 1090 g/mol. The van der Waals surface area contributed by atoms with Gasteiger partial charge in [0.1, 0.15) is 0 Å².